The molecule has 24 heavy (non-hydrogen) atoms. The minimum Gasteiger partial charge on any atom is -0.358 e. The van der Waals surface area contributed by atoms with Gasteiger partial charge in [-0.3, -0.25) is 4.79 Å². The van der Waals surface area contributed by atoms with Crippen LogP contribution in [0.5, 0.6) is 0 Å². The summed E-state index contributed by atoms with van der Waals surface area (Å²) >= 11 is 1.30. The SMILES string of the molecule is CNC(=O)C(C)Sc1nnc(C2=CCC=C2)c(-c2ccccc2)n1. The molecule has 2 aromatic rings. The van der Waals surface area contributed by atoms with Crippen LogP contribution in [0.15, 0.2) is 53.7 Å². The quantitative estimate of drug-likeness (QED) is 0.849. The van der Waals surface area contributed by atoms with E-state index >= 15 is 0 Å². The highest BCUT2D eigenvalue weighted by Gasteiger charge is 2.19. The van der Waals surface area contributed by atoms with Gasteiger partial charge in [-0.15, -0.1) is 10.2 Å². The number of amides is 1. The highest BCUT2D eigenvalue weighted by atomic mass is 32.2. The van der Waals surface area contributed by atoms with Crippen molar-refractivity contribution in [1.82, 2.24) is 20.5 Å². The first-order valence-corrected chi connectivity index (χ1v) is 8.62. The third kappa shape index (κ3) is 3.54. The molecule has 3 rings (SSSR count). The van der Waals surface area contributed by atoms with E-state index in [1.54, 1.807) is 7.05 Å². The van der Waals surface area contributed by atoms with Crippen LogP contribution in [0.2, 0.25) is 0 Å². The number of allylic oxidation sites excluding steroid dienone is 4. The van der Waals surface area contributed by atoms with E-state index in [1.165, 1.54) is 11.8 Å². The zero-order valence-corrected chi connectivity index (χ0v) is 14.4. The molecule has 6 heteroatoms. The molecule has 122 valence electrons. The Morgan fingerprint density at radius 1 is 1.21 bits per heavy atom. The molecule has 1 aliphatic rings. The predicted octanol–water partition coefficient (Wildman–Crippen LogP) is 3.11. The molecule has 1 amide bonds. The van der Waals surface area contributed by atoms with Crippen LogP contribution in [0.1, 0.15) is 19.0 Å². The molecule has 1 aliphatic carbocycles. The molecule has 0 spiro atoms. The van der Waals surface area contributed by atoms with Crippen LogP contribution in [0.4, 0.5) is 0 Å². The van der Waals surface area contributed by atoms with Crippen molar-refractivity contribution in [2.24, 2.45) is 0 Å². The number of nitrogens with zero attached hydrogens (tertiary/aromatic N) is 3. The van der Waals surface area contributed by atoms with Crippen molar-refractivity contribution in [3.63, 3.8) is 0 Å². The molecule has 1 aromatic carbocycles. The summed E-state index contributed by atoms with van der Waals surface area (Å²) in [6.07, 6.45) is 7.13. The van der Waals surface area contributed by atoms with Gasteiger partial charge in [-0.2, -0.15) is 0 Å². The summed E-state index contributed by atoms with van der Waals surface area (Å²) in [6, 6.07) is 9.92. The maximum absolute atomic E-state index is 11.7. The molecule has 1 N–H and O–H groups in total. The van der Waals surface area contributed by atoms with Gasteiger partial charge in [0.05, 0.1) is 5.25 Å². The normalized spacial score (nSPS) is 14.3. The van der Waals surface area contributed by atoms with Crippen molar-refractivity contribution in [2.45, 2.75) is 23.8 Å². The second-order valence-corrected chi connectivity index (χ2v) is 6.64. The van der Waals surface area contributed by atoms with Gasteiger partial charge in [0.2, 0.25) is 11.1 Å². The number of benzene rings is 1. The van der Waals surface area contributed by atoms with Crippen LogP contribution in [0.3, 0.4) is 0 Å². The van der Waals surface area contributed by atoms with E-state index in [-0.39, 0.29) is 11.2 Å². The fraction of sp³-hybridized carbons (Fsp3) is 0.222. The lowest BCUT2D eigenvalue weighted by Gasteiger charge is -2.11. The number of carbonyl (C=O) groups is 1. The number of thioether (sulfide) groups is 1. The van der Waals surface area contributed by atoms with E-state index in [0.29, 0.717) is 5.16 Å². The van der Waals surface area contributed by atoms with Gasteiger partial charge in [0.25, 0.3) is 0 Å². The number of carbonyl (C=O) groups excluding carboxylic acids is 1. The van der Waals surface area contributed by atoms with Crippen LogP contribution >= 0.6 is 11.8 Å². The van der Waals surface area contributed by atoms with Gasteiger partial charge < -0.3 is 5.32 Å². The zero-order chi connectivity index (χ0) is 16.9. The molecule has 1 atom stereocenters. The van der Waals surface area contributed by atoms with E-state index in [4.69, 9.17) is 0 Å². The van der Waals surface area contributed by atoms with Crippen molar-refractivity contribution in [2.75, 3.05) is 7.05 Å². The number of hydrogen-bond acceptors (Lipinski definition) is 5. The fourth-order valence-electron chi connectivity index (χ4n) is 2.40. The second kappa shape index (κ2) is 7.40. The van der Waals surface area contributed by atoms with Gasteiger partial charge in [0.1, 0.15) is 11.4 Å². The van der Waals surface area contributed by atoms with Crippen LogP contribution in [-0.2, 0) is 4.79 Å². The summed E-state index contributed by atoms with van der Waals surface area (Å²) in [7, 11) is 1.62. The Balaban J connectivity index is 2.00. The van der Waals surface area contributed by atoms with E-state index in [0.717, 1.165) is 28.9 Å². The Morgan fingerprint density at radius 3 is 2.67 bits per heavy atom. The van der Waals surface area contributed by atoms with E-state index in [9.17, 15) is 4.79 Å². The first-order chi connectivity index (χ1) is 11.7. The van der Waals surface area contributed by atoms with Gasteiger partial charge in [-0.25, -0.2) is 4.98 Å². The Morgan fingerprint density at radius 2 is 2.00 bits per heavy atom. The highest BCUT2D eigenvalue weighted by molar-refractivity contribution is 8.00. The number of nitrogens with one attached hydrogen (secondary N) is 1. The molecule has 0 saturated carbocycles. The molecule has 0 saturated heterocycles. The average Bonchev–Trinajstić information content (AvgIpc) is 3.16. The highest BCUT2D eigenvalue weighted by Crippen LogP contribution is 2.30. The summed E-state index contributed by atoms with van der Waals surface area (Å²) in [4.78, 5) is 16.4. The van der Waals surface area contributed by atoms with Gasteiger partial charge in [0.15, 0.2) is 0 Å². The topological polar surface area (TPSA) is 67.8 Å². The van der Waals surface area contributed by atoms with Gasteiger partial charge in [-0.05, 0) is 13.3 Å². The molecule has 0 fully saturated rings. The Bertz CT molecular complexity index is 802. The van der Waals surface area contributed by atoms with Crippen molar-refractivity contribution in [3.05, 3.63) is 54.3 Å². The Labute approximate surface area is 145 Å². The third-order valence-corrected chi connectivity index (χ3v) is 4.61. The van der Waals surface area contributed by atoms with Gasteiger partial charge in [0, 0.05) is 18.2 Å². The van der Waals surface area contributed by atoms with E-state index < -0.39 is 0 Å². The van der Waals surface area contributed by atoms with Gasteiger partial charge >= 0.3 is 0 Å². The van der Waals surface area contributed by atoms with Crippen LogP contribution in [0.25, 0.3) is 16.8 Å². The maximum atomic E-state index is 11.7. The first-order valence-electron chi connectivity index (χ1n) is 7.74. The lowest BCUT2D eigenvalue weighted by molar-refractivity contribution is -0.119. The van der Waals surface area contributed by atoms with Crippen molar-refractivity contribution in [1.29, 1.82) is 0 Å². The second-order valence-electron chi connectivity index (χ2n) is 5.33. The molecule has 1 unspecified atom stereocenters. The third-order valence-electron chi connectivity index (χ3n) is 3.66. The smallest absolute Gasteiger partial charge is 0.233 e. The fourth-order valence-corrected chi connectivity index (χ4v) is 3.17. The van der Waals surface area contributed by atoms with Crippen molar-refractivity contribution in [3.8, 4) is 11.3 Å². The maximum Gasteiger partial charge on any atom is 0.233 e. The molecular formula is C18H18N4OS. The van der Waals surface area contributed by atoms with E-state index in [2.05, 4.69) is 32.7 Å². The predicted molar refractivity (Wildman–Crippen MR) is 96.4 cm³/mol. The standard InChI is InChI=1S/C18H18N4OS/c1-12(17(23)19-2)24-18-20-15(13-8-4-3-5-9-13)16(21-22-18)14-10-6-7-11-14/h3-6,8-12H,7H2,1-2H3,(H,19,23). The van der Waals surface area contributed by atoms with E-state index in [1.807, 2.05) is 43.3 Å². The molecule has 0 aliphatic heterocycles. The molecule has 1 heterocycles. The first kappa shape index (κ1) is 16.4. The molecule has 0 radical (unpaired) electrons. The summed E-state index contributed by atoms with van der Waals surface area (Å²) in [6.45, 7) is 1.82. The largest absolute Gasteiger partial charge is 0.358 e. The lowest BCUT2D eigenvalue weighted by Crippen LogP contribution is -2.27. The van der Waals surface area contributed by atoms with Crippen LogP contribution in [0, 0.1) is 0 Å². The minimum atomic E-state index is -0.281. The number of rotatable bonds is 5. The van der Waals surface area contributed by atoms with Crippen molar-refractivity contribution < 1.29 is 4.79 Å². The Hall–Kier alpha value is -2.47. The molecular weight excluding hydrogens is 320 g/mol. The number of aromatic nitrogens is 3. The van der Waals surface area contributed by atoms with Crippen LogP contribution < -0.4 is 5.32 Å². The summed E-state index contributed by atoms with van der Waals surface area (Å²) in [5.41, 5.74) is 3.57. The van der Waals surface area contributed by atoms with Crippen LogP contribution in [-0.4, -0.2) is 33.4 Å². The Kier molecular flexibility index (Phi) is 5.05. The monoisotopic (exact) mass is 338 g/mol. The number of hydrogen-bond donors (Lipinski definition) is 1. The molecule has 1 aromatic heterocycles. The summed E-state index contributed by atoms with van der Waals surface area (Å²) in [5, 5.41) is 11.5. The molecule has 5 nitrogen and oxygen atoms in total. The molecule has 0 bridgehead atoms. The average molecular weight is 338 g/mol. The lowest BCUT2D eigenvalue weighted by atomic mass is 10.1. The minimum absolute atomic E-state index is 0.0598. The van der Waals surface area contributed by atoms with Gasteiger partial charge in [-0.1, -0.05) is 60.3 Å². The summed E-state index contributed by atoms with van der Waals surface area (Å²) in [5.74, 6) is -0.0598. The van der Waals surface area contributed by atoms with Crippen molar-refractivity contribution >= 4 is 23.2 Å². The zero-order valence-electron chi connectivity index (χ0n) is 13.6. The summed E-state index contributed by atoms with van der Waals surface area (Å²) < 4.78 is 0.